The molecule has 1 heterocycles. The quantitative estimate of drug-likeness (QED) is 0.379. The summed E-state index contributed by atoms with van der Waals surface area (Å²) < 4.78 is 5.72. The topological polar surface area (TPSA) is 88.3 Å². The molecule has 0 amide bonds. The van der Waals surface area contributed by atoms with Crippen molar-refractivity contribution < 1.29 is 9.53 Å². The van der Waals surface area contributed by atoms with Crippen molar-refractivity contribution in [3.63, 3.8) is 0 Å². The highest BCUT2D eigenvalue weighted by Crippen LogP contribution is 2.23. The lowest BCUT2D eigenvalue weighted by Crippen LogP contribution is -2.15. The number of ether oxygens (including phenoxy) is 1. The van der Waals surface area contributed by atoms with Crippen molar-refractivity contribution in [2.75, 3.05) is 0 Å². The van der Waals surface area contributed by atoms with Crippen LogP contribution in [-0.2, 0) is 29.3 Å². The maximum Gasteiger partial charge on any atom is 0.414 e. The second-order valence-electron chi connectivity index (χ2n) is 7.32. The van der Waals surface area contributed by atoms with E-state index in [1.165, 1.54) is 6.20 Å². The molecule has 0 atom stereocenters. The van der Waals surface area contributed by atoms with Gasteiger partial charge in [0.1, 0.15) is 17.7 Å². The zero-order chi connectivity index (χ0) is 20.2. The predicted molar refractivity (Wildman–Crippen MR) is 111 cm³/mol. The van der Waals surface area contributed by atoms with E-state index < -0.39 is 0 Å². The number of hydrogen-bond donors (Lipinski definition) is 1. The summed E-state index contributed by atoms with van der Waals surface area (Å²) in [6.45, 7) is 9.97. The van der Waals surface area contributed by atoms with E-state index in [2.05, 4.69) is 48.4 Å². The van der Waals surface area contributed by atoms with Crippen molar-refractivity contribution in [3.8, 4) is 5.75 Å². The van der Waals surface area contributed by atoms with Gasteiger partial charge in [-0.25, -0.2) is 4.98 Å². The summed E-state index contributed by atoms with van der Waals surface area (Å²) in [6, 6.07) is 3.77. The van der Waals surface area contributed by atoms with Crippen molar-refractivity contribution in [2.24, 2.45) is 4.99 Å². The summed E-state index contributed by atoms with van der Waals surface area (Å²) in [5.74, 6) is 0.553. The normalized spacial score (nSPS) is 12.0. The Kier molecular flexibility index (Phi) is 6.49. The van der Waals surface area contributed by atoms with Crippen molar-refractivity contribution in [3.05, 3.63) is 52.6 Å². The molecule has 0 saturated heterocycles. The van der Waals surface area contributed by atoms with Crippen LogP contribution in [0.15, 0.2) is 29.5 Å². The number of nitrogens with one attached hydrogen (secondary N) is 1. The molecule has 0 radical (unpaired) electrons. The molecule has 0 aliphatic rings. The lowest BCUT2D eigenvalue weighted by Gasteiger charge is -2.16. The standard InChI is InChI=1S/C20H24N4O2S/c1-12-9-16(13(2)8-14(12)6-7-25)26-19(27)24-18(21)15-10-23-17(11-22-15)20(3,4)5/h7-11H,6H2,1-5H3,(H2,21,24,27)/p+1. The summed E-state index contributed by atoms with van der Waals surface area (Å²) in [7, 11) is 0. The van der Waals surface area contributed by atoms with E-state index in [-0.39, 0.29) is 16.5 Å². The van der Waals surface area contributed by atoms with Crippen LogP contribution in [0.5, 0.6) is 5.75 Å². The third-order valence-corrected chi connectivity index (χ3v) is 4.23. The number of nitrogens with zero attached hydrogens (tertiary/aromatic N) is 3. The fourth-order valence-electron chi connectivity index (χ4n) is 2.39. The Morgan fingerprint density at radius 1 is 1.22 bits per heavy atom. The van der Waals surface area contributed by atoms with E-state index in [1.54, 1.807) is 6.20 Å². The van der Waals surface area contributed by atoms with Crippen molar-refractivity contribution in [1.82, 2.24) is 9.97 Å². The molecular formula is C20H25N4O2S+. The van der Waals surface area contributed by atoms with Crippen molar-refractivity contribution in [1.29, 1.82) is 5.41 Å². The van der Waals surface area contributed by atoms with Crippen LogP contribution in [0.2, 0.25) is 0 Å². The molecule has 2 rings (SSSR count). The van der Waals surface area contributed by atoms with Crippen LogP contribution >= 0.6 is 0 Å². The Hall–Kier alpha value is -2.54. The van der Waals surface area contributed by atoms with Gasteiger partial charge >= 0.3 is 5.23 Å². The van der Waals surface area contributed by atoms with Crippen LogP contribution < -0.4 is 4.74 Å². The van der Waals surface area contributed by atoms with E-state index in [4.69, 9.17) is 10.1 Å². The molecule has 0 bridgehead atoms. The van der Waals surface area contributed by atoms with E-state index in [0.717, 1.165) is 28.7 Å². The molecule has 0 unspecified atom stereocenters. The lowest BCUT2D eigenvalue weighted by molar-refractivity contribution is -0.107. The van der Waals surface area contributed by atoms with Crippen molar-refractivity contribution >= 4 is 30.0 Å². The highest BCUT2D eigenvalue weighted by molar-refractivity contribution is 7.77. The van der Waals surface area contributed by atoms with Crippen LogP contribution in [0, 0.1) is 19.3 Å². The molecule has 1 aromatic carbocycles. The molecule has 27 heavy (non-hydrogen) atoms. The van der Waals surface area contributed by atoms with E-state index in [9.17, 15) is 4.79 Å². The molecular weight excluding hydrogens is 360 g/mol. The van der Waals surface area contributed by atoms with Gasteiger partial charge in [-0.1, -0.05) is 26.8 Å². The van der Waals surface area contributed by atoms with Crippen LogP contribution in [0.1, 0.15) is 48.8 Å². The van der Waals surface area contributed by atoms with Crippen LogP contribution in [0.25, 0.3) is 0 Å². The minimum absolute atomic E-state index is 0.0556. The SMILES string of the molecule is Cc1cc(OC([SH2+])=NC(=N)c2cnc(C(C)(C)C)cn2)c(C)cc1CC=O. The number of aryl methyl sites for hydroxylation is 2. The number of amidine groups is 1. The Bertz CT molecular complexity index is 884. The predicted octanol–water partition coefficient (Wildman–Crippen LogP) is 2.90. The molecule has 7 heteroatoms. The van der Waals surface area contributed by atoms with Gasteiger partial charge in [-0.3, -0.25) is 10.4 Å². The second kappa shape index (κ2) is 8.43. The smallest absolute Gasteiger partial charge is 0.402 e. The maximum atomic E-state index is 10.7. The number of benzene rings is 1. The van der Waals surface area contributed by atoms with E-state index in [0.29, 0.717) is 17.9 Å². The third-order valence-electron chi connectivity index (χ3n) is 4.02. The first-order valence-corrected chi connectivity index (χ1v) is 9.05. The number of aldehydes is 1. The van der Waals surface area contributed by atoms with Crippen LogP contribution in [0.3, 0.4) is 0 Å². The largest absolute Gasteiger partial charge is 0.414 e. The minimum Gasteiger partial charge on any atom is -0.402 e. The highest BCUT2D eigenvalue weighted by atomic mass is 32.1. The van der Waals surface area contributed by atoms with E-state index >= 15 is 0 Å². The van der Waals surface area contributed by atoms with Gasteiger partial charge in [0, 0.05) is 18.0 Å². The number of hydrogen-bond acceptors (Lipinski definition) is 5. The number of aromatic nitrogens is 2. The van der Waals surface area contributed by atoms with E-state index in [1.807, 2.05) is 26.0 Å². The Balaban J connectivity index is 2.16. The number of carbonyl (C=O) groups excluding carboxylic acids is 1. The molecule has 6 nitrogen and oxygen atoms in total. The summed E-state index contributed by atoms with van der Waals surface area (Å²) in [5, 5.41) is 8.24. The summed E-state index contributed by atoms with van der Waals surface area (Å²) in [6.07, 6.45) is 4.45. The monoisotopic (exact) mass is 385 g/mol. The summed E-state index contributed by atoms with van der Waals surface area (Å²) >= 11 is 3.31. The van der Waals surface area contributed by atoms with Crippen LogP contribution in [0.4, 0.5) is 0 Å². The Labute approximate surface area is 165 Å². The molecule has 0 saturated carbocycles. The molecule has 2 aromatic rings. The fourth-order valence-corrected chi connectivity index (χ4v) is 2.61. The van der Waals surface area contributed by atoms with Gasteiger partial charge in [-0.15, -0.1) is 4.99 Å². The van der Waals surface area contributed by atoms with Gasteiger partial charge in [0.15, 0.2) is 5.84 Å². The fraction of sp³-hybridized carbons (Fsp3) is 0.350. The van der Waals surface area contributed by atoms with Gasteiger partial charge in [0.2, 0.25) is 0 Å². The maximum absolute atomic E-state index is 10.7. The molecule has 142 valence electrons. The molecule has 0 aliphatic carbocycles. The van der Waals surface area contributed by atoms with Crippen LogP contribution in [-0.4, -0.2) is 27.3 Å². The van der Waals surface area contributed by atoms with Gasteiger partial charge in [0.25, 0.3) is 0 Å². The molecule has 0 aliphatic heterocycles. The van der Waals surface area contributed by atoms with Gasteiger partial charge in [-0.2, -0.15) is 0 Å². The number of aliphatic imine (C=N–C) groups is 1. The van der Waals surface area contributed by atoms with Gasteiger partial charge in [-0.05, 0) is 36.6 Å². The Morgan fingerprint density at radius 2 is 1.93 bits per heavy atom. The molecule has 0 fully saturated rings. The highest BCUT2D eigenvalue weighted by Gasteiger charge is 2.17. The van der Waals surface area contributed by atoms with Gasteiger partial charge < -0.3 is 9.53 Å². The second-order valence-corrected chi connectivity index (χ2v) is 7.75. The minimum atomic E-state index is -0.105. The summed E-state index contributed by atoms with van der Waals surface area (Å²) in [4.78, 5) is 23.5. The zero-order valence-electron chi connectivity index (χ0n) is 16.3. The third kappa shape index (κ3) is 5.47. The average Bonchev–Trinajstić information content (AvgIpc) is 2.58. The molecule has 1 aromatic heterocycles. The Morgan fingerprint density at radius 3 is 2.48 bits per heavy atom. The number of carbonyl (C=O) groups is 1. The zero-order valence-corrected chi connectivity index (χ0v) is 17.3. The average molecular weight is 386 g/mol. The first kappa shape index (κ1) is 20.8. The number of rotatable bonds is 4. The first-order valence-electron chi connectivity index (χ1n) is 8.55. The van der Waals surface area contributed by atoms with Gasteiger partial charge in [0.05, 0.1) is 24.5 Å². The summed E-state index contributed by atoms with van der Waals surface area (Å²) in [5.41, 5.74) is 3.90. The molecule has 1 N–H and O–H groups in total. The first-order chi connectivity index (χ1) is 12.6. The van der Waals surface area contributed by atoms with Crippen molar-refractivity contribution in [2.45, 2.75) is 46.5 Å². The molecule has 0 spiro atoms. The lowest BCUT2D eigenvalue weighted by atomic mass is 9.93.